The minimum absolute atomic E-state index is 0.0935. The number of carbonyl (C=O) groups is 1. The second-order valence-corrected chi connectivity index (χ2v) is 11.9. The molecule has 0 unspecified atom stereocenters. The SMILES string of the molecule is C=CC(=O)N1CCN(c2nc(OC[C@@H]3CCCN3C)nc3c2CCN(c2ccc(F)c4c2CCCC4)C3)C[C@@H]1CC#N. The van der Waals surface area contributed by atoms with E-state index >= 15 is 0 Å². The summed E-state index contributed by atoms with van der Waals surface area (Å²) in [5.74, 6) is 0.593. The Labute approximate surface area is 247 Å². The smallest absolute Gasteiger partial charge is 0.318 e. The fraction of sp³-hybridized carbons (Fsp3) is 0.562. The number of hydrogen-bond donors (Lipinski definition) is 0. The van der Waals surface area contributed by atoms with Crippen LogP contribution in [0.4, 0.5) is 15.9 Å². The van der Waals surface area contributed by atoms with Crippen molar-refractivity contribution in [1.29, 1.82) is 5.26 Å². The largest absolute Gasteiger partial charge is 0.462 e. The lowest BCUT2D eigenvalue weighted by molar-refractivity contribution is -0.128. The fourth-order valence-electron chi connectivity index (χ4n) is 7.12. The van der Waals surface area contributed by atoms with Crippen molar-refractivity contribution in [2.24, 2.45) is 0 Å². The number of hydrogen-bond acceptors (Lipinski definition) is 8. The predicted molar refractivity (Wildman–Crippen MR) is 159 cm³/mol. The maximum Gasteiger partial charge on any atom is 0.318 e. The van der Waals surface area contributed by atoms with Crippen LogP contribution in [0.3, 0.4) is 0 Å². The lowest BCUT2D eigenvalue weighted by atomic mass is 9.89. The van der Waals surface area contributed by atoms with Gasteiger partial charge in [0.25, 0.3) is 0 Å². The average molecular weight is 574 g/mol. The molecule has 6 rings (SSSR count). The molecule has 1 aliphatic carbocycles. The highest BCUT2D eigenvalue weighted by Gasteiger charge is 2.34. The van der Waals surface area contributed by atoms with E-state index in [1.807, 2.05) is 6.07 Å². The van der Waals surface area contributed by atoms with Gasteiger partial charge in [-0.05, 0) is 87.9 Å². The number of nitrogens with zero attached hydrogens (tertiary/aromatic N) is 7. The Hall–Kier alpha value is -3.71. The zero-order chi connectivity index (χ0) is 29.2. The van der Waals surface area contributed by atoms with Crippen LogP contribution >= 0.6 is 0 Å². The Morgan fingerprint density at radius 2 is 1.90 bits per heavy atom. The van der Waals surface area contributed by atoms with E-state index < -0.39 is 0 Å². The van der Waals surface area contributed by atoms with Crippen LogP contribution < -0.4 is 14.5 Å². The zero-order valence-corrected chi connectivity index (χ0v) is 24.5. The van der Waals surface area contributed by atoms with Gasteiger partial charge >= 0.3 is 6.01 Å². The van der Waals surface area contributed by atoms with E-state index in [1.165, 1.54) is 6.08 Å². The first-order chi connectivity index (χ1) is 20.5. The third-order valence-electron chi connectivity index (χ3n) is 9.46. The summed E-state index contributed by atoms with van der Waals surface area (Å²) < 4.78 is 20.9. The number of rotatable bonds is 7. The molecule has 0 spiro atoms. The summed E-state index contributed by atoms with van der Waals surface area (Å²) in [7, 11) is 2.13. The highest BCUT2D eigenvalue weighted by molar-refractivity contribution is 5.87. The van der Waals surface area contributed by atoms with E-state index in [0.29, 0.717) is 44.8 Å². The van der Waals surface area contributed by atoms with Crippen LogP contribution in [0.15, 0.2) is 24.8 Å². The van der Waals surface area contributed by atoms with Crippen molar-refractivity contribution in [3.63, 3.8) is 0 Å². The summed E-state index contributed by atoms with van der Waals surface area (Å²) >= 11 is 0. The van der Waals surface area contributed by atoms with Crippen molar-refractivity contribution in [2.45, 2.75) is 70.0 Å². The van der Waals surface area contributed by atoms with E-state index in [-0.39, 0.29) is 24.2 Å². The topological polar surface area (TPSA) is 88.8 Å². The Balaban J connectivity index is 1.32. The monoisotopic (exact) mass is 573 g/mol. The van der Waals surface area contributed by atoms with Crippen molar-refractivity contribution in [3.8, 4) is 12.1 Å². The molecule has 2 aromatic rings. The van der Waals surface area contributed by atoms with Crippen molar-refractivity contribution < 1.29 is 13.9 Å². The molecule has 4 aliphatic rings. The molecule has 10 heteroatoms. The summed E-state index contributed by atoms with van der Waals surface area (Å²) in [6, 6.07) is 6.26. The van der Waals surface area contributed by atoms with Gasteiger partial charge in [-0.25, -0.2) is 4.39 Å². The quantitative estimate of drug-likeness (QED) is 0.464. The normalized spacial score (nSPS) is 22.4. The predicted octanol–water partition coefficient (Wildman–Crippen LogP) is 3.65. The molecular weight excluding hydrogens is 533 g/mol. The van der Waals surface area contributed by atoms with E-state index in [4.69, 9.17) is 14.7 Å². The number of amides is 1. The number of anilines is 2. The molecule has 1 aromatic carbocycles. The van der Waals surface area contributed by atoms with Gasteiger partial charge in [0.1, 0.15) is 18.2 Å². The highest BCUT2D eigenvalue weighted by Crippen LogP contribution is 2.37. The number of carbonyl (C=O) groups excluding carboxylic acids is 1. The molecule has 222 valence electrons. The van der Waals surface area contributed by atoms with Gasteiger partial charge in [-0.2, -0.15) is 15.2 Å². The first-order valence-corrected chi connectivity index (χ1v) is 15.3. The fourth-order valence-corrected chi connectivity index (χ4v) is 7.12. The average Bonchev–Trinajstić information content (AvgIpc) is 3.43. The van der Waals surface area contributed by atoms with Crippen LogP contribution in [-0.2, 0) is 30.6 Å². The van der Waals surface area contributed by atoms with Gasteiger partial charge in [-0.3, -0.25) is 4.79 Å². The molecule has 2 atom stereocenters. The summed E-state index contributed by atoms with van der Waals surface area (Å²) in [6.07, 6.45) is 8.36. The number of likely N-dealkylation sites (N-methyl/N-ethyl adjacent to an activating group) is 1. The highest BCUT2D eigenvalue weighted by atomic mass is 19.1. The Morgan fingerprint density at radius 3 is 2.67 bits per heavy atom. The molecule has 0 radical (unpaired) electrons. The first kappa shape index (κ1) is 28.4. The van der Waals surface area contributed by atoms with Gasteiger partial charge in [0.05, 0.1) is 30.8 Å². The van der Waals surface area contributed by atoms with Crippen molar-refractivity contribution in [1.82, 2.24) is 19.8 Å². The molecule has 0 bridgehead atoms. The summed E-state index contributed by atoms with van der Waals surface area (Å²) in [5.41, 5.74) is 5.14. The van der Waals surface area contributed by atoms with Crippen LogP contribution in [0.2, 0.25) is 0 Å². The lowest BCUT2D eigenvalue weighted by Gasteiger charge is -2.42. The Bertz CT molecular complexity index is 1390. The third-order valence-corrected chi connectivity index (χ3v) is 9.46. The lowest BCUT2D eigenvalue weighted by Crippen LogP contribution is -2.55. The van der Waals surface area contributed by atoms with E-state index in [1.54, 1.807) is 11.0 Å². The maximum atomic E-state index is 14.7. The van der Waals surface area contributed by atoms with E-state index in [9.17, 15) is 14.4 Å². The van der Waals surface area contributed by atoms with Gasteiger partial charge in [-0.1, -0.05) is 6.58 Å². The van der Waals surface area contributed by atoms with Gasteiger partial charge in [-0.15, -0.1) is 0 Å². The standard InChI is InChI=1S/C32H40FN7O2/c1-3-30(41)40-18-17-39(19-22(40)12-14-34)31-26-13-16-38(29-11-10-27(33)24-8-4-5-9-25(24)29)20-28(26)35-32(36-31)42-21-23-7-6-15-37(23)2/h3,10-11,22-23H,1,4-9,12-13,15-21H2,2H3/t22-,23-/m0/s1. The second-order valence-electron chi connectivity index (χ2n) is 11.9. The number of nitriles is 1. The number of fused-ring (bicyclic) bond motifs is 2. The van der Waals surface area contributed by atoms with Crippen LogP contribution in [0, 0.1) is 17.1 Å². The number of piperazine rings is 1. The van der Waals surface area contributed by atoms with Crippen LogP contribution in [-0.4, -0.2) is 84.1 Å². The van der Waals surface area contributed by atoms with E-state index in [0.717, 1.165) is 91.9 Å². The molecular formula is C32H40FN7O2. The van der Waals surface area contributed by atoms with E-state index in [2.05, 4.69) is 34.4 Å². The zero-order valence-electron chi connectivity index (χ0n) is 24.5. The minimum Gasteiger partial charge on any atom is -0.462 e. The van der Waals surface area contributed by atoms with Crippen LogP contribution in [0.5, 0.6) is 6.01 Å². The van der Waals surface area contributed by atoms with Gasteiger partial charge in [0.2, 0.25) is 5.91 Å². The van der Waals surface area contributed by atoms with Crippen molar-refractivity contribution >= 4 is 17.4 Å². The van der Waals surface area contributed by atoms with Gasteiger partial charge in [0, 0.05) is 43.5 Å². The Morgan fingerprint density at radius 1 is 1.07 bits per heavy atom. The number of likely N-dealkylation sites (tertiary alicyclic amines) is 1. The first-order valence-electron chi connectivity index (χ1n) is 15.3. The third kappa shape index (κ3) is 5.54. The van der Waals surface area contributed by atoms with Crippen LogP contribution in [0.25, 0.3) is 0 Å². The van der Waals surface area contributed by atoms with Crippen LogP contribution in [0.1, 0.15) is 54.5 Å². The molecule has 1 aromatic heterocycles. The molecule has 9 nitrogen and oxygen atoms in total. The molecule has 1 amide bonds. The number of ether oxygens (including phenoxy) is 1. The summed E-state index contributed by atoms with van der Waals surface area (Å²) in [4.78, 5) is 31.0. The molecule has 3 aliphatic heterocycles. The molecule has 0 N–H and O–H groups in total. The Kier molecular flexibility index (Phi) is 8.29. The van der Waals surface area contributed by atoms with Crippen molar-refractivity contribution in [2.75, 3.05) is 56.2 Å². The van der Waals surface area contributed by atoms with Gasteiger partial charge < -0.3 is 24.3 Å². The maximum absolute atomic E-state index is 14.7. The number of aromatic nitrogens is 2. The second kappa shape index (κ2) is 12.3. The number of halogens is 1. The van der Waals surface area contributed by atoms with Gasteiger partial charge in [0.15, 0.2) is 0 Å². The molecule has 4 heterocycles. The molecule has 2 fully saturated rings. The summed E-state index contributed by atoms with van der Waals surface area (Å²) in [5, 5.41) is 9.51. The minimum atomic E-state index is -0.248. The molecule has 42 heavy (non-hydrogen) atoms. The molecule has 2 saturated heterocycles. The molecule has 0 saturated carbocycles. The summed E-state index contributed by atoms with van der Waals surface area (Å²) in [6.45, 7) is 8.22. The number of benzene rings is 1. The van der Waals surface area contributed by atoms with Crippen molar-refractivity contribution in [3.05, 3.63) is 53.0 Å².